The van der Waals surface area contributed by atoms with Gasteiger partial charge < -0.3 is 15.0 Å². The van der Waals surface area contributed by atoms with E-state index in [0.717, 1.165) is 28.8 Å². The molecule has 5 heteroatoms. The van der Waals surface area contributed by atoms with Gasteiger partial charge in [0, 0.05) is 18.7 Å². The summed E-state index contributed by atoms with van der Waals surface area (Å²) in [6, 6.07) is 21.9. The molecular weight excluding hydrogens is 436 g/mol. The van der Waals surface area contributed by atoms with E-state index in [1.165, 1.54) is 11.1 Å². The highest BCUT2D eigenvalue weighted by molar-refractivity contribution is 5.91. The number of anilines is 1. The van der Waals surface area contributed by atoms with Crippen LogP contribution in [0, 0.1) is 19.8 Å². The molecule has 0 saturated heterocycles. The predicted octanol–water partition coefficient (Wildman–Crippen LogP) is 5.84. The molecule has 0 aromatic heterocycles. The molecule has 182 valence electrons. The largest absolute Gasteiger partial charge is 0.484 e. The van der Waals surface area contributed by atoms with E-state index < -0.39 is 0 Å². The zero-order chi connectivity index (χ0) is 24.9. The Bertz CT molecular complexity index is 1200. The second kappa shape index (κ2) is 10.8. The van der Waals surface area contributed by atoms with Crippen molar-refractivity contribution in [3.8, 4) is 5.75 Å². The van der Waals surface area contributed by atoms with E-state index in [-0.39, 0.29) is 24.5 Å². The molecular formula is C30H34N2O3. The van der Waals surface area contributed by atoms with E-state index in [1.807, 2.05) is 48.2 Å². The van der Waals surface area contributed by atoms with Gasteiger partial charge in [0.15, 0.2) is 6.61 Å². The minimum Gasteiger partial charge on any atom is -0.484 e. The number of hydrogen-bond acceptors (Lipinski definition) is 3. The Hall–Kier alpha value is -3.60. The fraction of sp³-hybridized carbons (Fsp3) is 0.333. The van der Waals surface area contributed by atoms with E-state index in [2.05, 4.69) is 56.4 Å². The Kier molecular flexibility index (Phi) is 7.54. The number of fused-ring (bicyclic) bond motifs is 1. The van der Waals surface area contributed by atoms with Gasteiger partial charge in [-0.25, -0.2) is 0 Å². The lowest BCUT2D eigenvalue weighted by Crippen LogP contribution is -2.41. The first kappa shape index (κ1) is 24.5. The number of nitrogens with zero attached hydrogens (tertiary/aromatic N) is 1. The topological polar surface area (TPSA) is 58.6 Å². The van der Waals surface area contributed by atoms with Gasteiger partial charge in [-0.05, 0) is 72.7 Å². The van der Waals surface area contributed by atoms with Crippen LogP contribution in [-0.2, 0) is 16.0 Å². The van der Waals surface area contributed by atoms with Crippen molar-refractivity contribution in [1.29, 1.82) is 0 Å². The summed E-state index contributed by atoms with van der Waals surface area (Å²) >= 11 is 0. The number of aryl methyl sites for hydroxylation is 2. The van der Waals surface area contributed by atoms with Crippen molar-refractivity contribution in [2.45, 2.75) is 46.6 Å². The van der Waals surface area contributed by atoms with Crippen molar-refractivity contribution in [2.75, 3.05) is 18.5 Å². The first-order valence-electron chi connectivity index (χ1n) is 12.3. The zero-order valence-electron chi connectivity index (χ0n) is 21.0. The van der Waals surface area contributed by atoms with Crippen LogP contribution in [0.1, 0.15) is 54.1 Å². The van der Waals surface area contributed by atoms with Gasteiger partial charge in [-0.1, -0.05) is 61.9 Å². The van der Waals surface area contributed by atoms with Crippen molar-refractivity contribution in [2.24, 2.45) is 5.92 Å². The third-order valence-electron chi connectivity index (χ3n) is 6.31. The van der Waals surface area contributed by atoms with Crippen LogP contribution in [0.5, 0.6) is 5.75 Å². The summed E-state index contributed by atoms with van der Waals surface area (Å²) in [5, 5.41) is 2.88. The summed E-state index contributed by atoms with van der Waals surface area (Å²) in [5.74, 6) is 0.875. The van der Waals surface area contributed by atoms with Crippen LogP contribution in [0.4, 0.5) is 5.69 Å². The molecule has 5 nitrogen and oxygen atoms in total. The summed E-state index contributed by atoms with van der Waals surface area (Å²) < 4.78 is 5.88. The standard InChI is InChI=1S/C30H34N2O3/c1-20(2)16-29(34)32-15-14-23-12-13-26(18-27(23)30(32)24-10-8-21(3)9-11-24)35-19-28(33)31-25-7-5-6-22(4)17-25/h5-13,17-18,20,30H,14-16,19H2,1-4H3,(H,31,33). The highest BCUT2D eigenvalue weighted by Crippen LogP contribution is 2.38. The molecule has 0 fully saturated rings. The number of carbonyl (C=O) groups is 2. The van der Waals surface area contributed by atoms with E-state index >= 15 is 0 Å². The quantitative estimate of drug-likeness (QED) is 0.472. The average molecular weight is 471 g/mol. The molecule has 1 N–H and O–H groups in total. The molecule has 0 bridgehead atoms. The molecule has 35 heavy (non-hydrogen) atoms. The summed E-state index contributed by atoms with van der Waals surface area (Å²) in [5.41, 5.74) is 6.37. The van der Waals surface area contributed by atoms with E-state index in [4.69, 9.17) is 4.74 Å². The molecule has 1 aliphatic heterocycles. The minimum atomic E-state index is -0.211. The van der Waals surface area contributed by atoms with Gasteiger partial charge in [0.05, 0.1) is 6.04 Å². The highest BCUT2D eigenvalue weighted by atomic mass is 16.5. The molecule has 2 amide bonds. The van der Waals surface area contributed by atoms with Gasteiger partial charge in [0.2, 0.25) is 5.91 Å². The van der Waals surface area contributed by atoms with Crippen LogP contribution in [0.2, 0.25) is 0 Å². The van der Waals surface area contributed by atoms with Gasteiger partial charge >= 0.3 is 0 Å². The Labute approximate surface area is 208 Å². The number of hydrogen-bond donors (Lipinski definition) is 1. The Morgan fingerprint density at radius 2 is 1.77 bits per heavy atom. The van der Waals surface area contributed by atoms with Crippen LogP contribution < -0.4 is 10.1 Å². The number of benzene rings is 3. The number of rotatable bonds is 7. The summed E-state index contributed by atoms with van der Waals surface area (Å²) in [7, 11) is 0. The Balaban J connectivity index is 1.57. The summed E-state index contributed by atoms with van der Waals surface area (Å²) in [6.07, 6.45) is 1.32. The van der Waals surface area contributed by atoms with Gasteiger partial charge in [0.1, 0.15) is 5.75 Å². The van der Waals surface area contributed by atoms with Gasteiger partial charge in [-0.15, -0.1) is 0 Å². The Morgan fingerprint density at radius 3 is 2.49 bits per heavy atom. The van der Waals surface area contributed by atoms with Crippen LogP contribution in [-0.4, -0.2) is 29.9 Å². The fourth-order valence-electron chi connectivity index (χ4n) is 4.60. The number of carbonyl (C=O) groups excluding carboxylic acids is 2. The molecule has 3 aromatic carbocycles. The predicted molar refractivity (Wildman–Crippen MR) is 140 cm³/mol. The van der Waals surface area contributed by atoms with Gasteiger partial charge in [-0.3, -0.25) is 9.59 Å². The monoisotopic (exact) mass is 470 g/mol. The molecule has 3 aromatic rings. The fourth-order valence-corrected chi connectivity index (χ4v) is 4.60. The number of ether oxygens (including phenoxy) is 1. The molecule has 0 aliphatic carbocycles. The minimum absolute atomic E-state index is 0.0854. The van der Waals surface area contributed by atoms with Crippen molar-refractivity contribution >= 4 is 17.5 Å². The van der Waals surface area contributed by atoms with Crippen molar-refractivity contribution < 1.29 is 14.3 Å². The third kappa shape index (κ3) is 6.10. The first-order chi connectivity index (χ1) is 16.8. The Morgan fingerprint density at radius 1 is 1.00 bits per heavy atom. The SMILES string of the molecule is Cc1ccc(C2c3cc(OCC(=O)Nc4cccc(C)c4)ccc3CCN2C(=O)CC(C)C)cc1. The molecule has 1 atom stereocenters. The lowest BCUT2D eigenvalue weighted by atomic mass is 9.87. The van der Waals surface area contributed by atoms with E-state index in [1.54, 1.807) is 0 Å². The lowest BCUT2D eigenvalue weighted by Gasteiger charge is -2.38. The van der Waals surface area contributed by atoms with Crippen LogP contribution in [0.3, 0.4) is 0 Å². The maximum absolute atomic E-state index is 13.2. The van der Waals surface area contributed by atoms with Crippen molar-refractivity contribution in [3.63, 3.8) is 0 Å². The number of amides is 2. The number of nitrogens with one attached hydrogen (secondary N) is 1. The van der Waals surface area contributed by atoms with Crippen LogP contribution in [0.15, 0.2) is 66.7 Å². The van der Waals surface area contributed by atoms with Crippen molar-refractivity contribution in [3.05, 3.63) is 94.5 Å². The molecule has 1 aliphatic rings. The molecule has 4 rings (SSSR count). The normalized spacial score (nSPS) is 15.0. The molecule has 1 heterocycles. The average Bonchev–Trinajstić information content (AvgIpc) is 2.82. The molecule has 0 radical (unpaired) electrons. The molecule has 1 unspecified atom stereocenters. The first-order valence-corrected chi connectivity index (χ1v) is 12.3. The van der Waals surface area contributed by atoms with E-state index in [9.17, 15) is 9.59 Å². The maximum Gasteiger partial charge on any atom is 0.262 e. The van der Waals surface area contributed by atoms with Crippen molar-refractivity contribution in [1.82, 2.24) is 4.90 Å². The lowest BCUT2D eigenvalue weighted by molar-refractivity contribution is -0.134. The van der Waals surface area contributed by atoms with Gasteiger partial charge in [-0.2, -0.15) is 0 Å². The molecule has 0 saturated carbocycles. The van der Waals surface area contributed by atoms with Crippen LogP contribution in [0.25, 0.3) is 0 Å². The second-order valence-corrected chi connectivity index (χ2v) is 9.82. The third-order valence-corrected chi connectivity index (χ3v) is 6.31. The zero-order valence-corrected chi connectivity index (χ0v) is 21.0. The van der Waals surface area contributed by atoms with Gasteiger partial charge in [0.25, 0.3) is 5.91 Å². The highest BCUT2D eigenvalue weighted by Gasteiger charge is 2.32. The maximum atomic E-state index is 13.2. The summed E-state index contributed by atoms with van der Waals surface area (Å²) in [6.45, 7) is 8.80. The van der Waals surface area contributed by atoms with E-state index in [0.29, 0.717) is 24.6 Å². The second-order valence-electron chi connectivity index (χ2n) is 9.82. The smallest absolute Gasteiger partial charge is 0.262 e. The molecule has 0 spiro atoms. The van der Waals surface area contributed by atoms with Crippen LogP contribution >= 0.6 is 0 Å². The summed E-state index contributed by atoms with van der Waals surface area (Å²) in [4.78, 5) is 27.7.